The number of anilines is 1. The predicted molar refractivity (Wildman–Crippen MR) is 86.3 cm³/mol. The van der Waals surface area contributed by atoms with Crippen molar-refractivity contribution in [1.29, 1.82) is 0 Å². The van der Waals surface area contributed by atoms with E-state index in [0.29, 0.717) is 10.4 Å². The fourth-order valence-electron chi connectivity index (χ4n) is 3.26. The predicted octanol–water partition coefficient (Wildman–Crippen LogP) is 3.26. The maximum Gasteiger partial charge on any atom is 0.283 e. The number of hydrogen-bond acceptors (Lipinski definition) is 3. The lowest BCUT2D eigenvalue weighted by Crippen LogP contribution is -2.26. The molecule has 0 bridgehead atoms. The highest BCUT2D eigenvalue weighted by atomic mass is 79.9. The van der Waals surface area contributed by atoms with E-state index in [0.717, 1.165) is 36.5 Å². The van der Waals surface area contributed by atoms with Gasteiger partial charge in [0.25, 0.3) is 5.56 Å². The average molecular weight is 352 g/mol. The van der Waals surface area contributed by atoms with E-state index in [1.165, 1.54) is 38.5 Å². The van der Waals surface area contributed by atoms with Gasteiger partial charge >= 0.3 is 0 Å². The van der Waals surface area contributed by atoms with Gasteiger partial charge in [-0.25, -0.2) is 4.68 Å². The van der Waals surface area contributed by atoms with Gasteiger partial charge in [0.05, 0.1) is 11.9 Å². The molecule has 0 radical (unpaired) electrons. The summed E-state index contributed by atoms with van der Waals surface area (Å²) < 4.78 is 2.25. The summed E-state index contributed by atoms with van der Waals surface area (Å²) in [6.07, 6.45) is 9.85. The molecule has 0 saturated heterocycles. The zero-order valence-corrected chi connectivity index (χ0v) is 13.8. The van der Waals surface area contributed by atoms with Gasteiger partial charge in [0.1, 0.15) is 4.47 Å². The van der Waals surface area contributed by atoms with Crippen molar-refractivity contribution in [3.63, 3.8) is 0 Å². The van der Waals surface area contributed by atoms with Crippen molar-refractivity contribution in [2.24, 2.45) is 23.7 Å². The van der Waals surface area contributed by atoms with Crippen LogP contribution in [0.2, 0.25) is 0 Å². The minimum atomic E-state index is 0.00120. The molecule has 4 nitrogen and oxygen atoms in total. The van der Waals surface area contributed by atoms with Gasteiger partial charge in [-0.2, -0.15) is 5.10 Å². The lowest BCUT2D eigenvalue weighted by Gasteiger charge is -2.17. The van der Waals surface area contributed by atoms with E-state index in [1.54, 1.807) is 4.68 Å². The maximum atomic E-state index is 12.3. The van der Waals surface area contributed by atoms with Crippen LogP contribution in [0.1, 0.15) is 38.5 Å². The van der Waals surface area contributed by atoms with Crippen molar-refractivity contribution in [3.05, 3.63) is 21.0 Å². The Labute approximate surface area is 133 Å². The molecule has 3 saturated carbocycles. The molecule has 0 aromatic carbocycles. The Balaban J connectivity index is 1.44. The fourth-order valence-corrected chi connectivity index (χ4v) is 3.71. The molecule has 0 amide bonds. The number of rotatable bonds is 7. The third-order valence-electron chi connectivity index (χ3n) is 5.10. The number of hydrogen-bond donors (Lipinski definition) is 1. The quantitative estimate of drug-likeness (QED) is 0.819. The van der Waals surface area contributed by atoms with Crippen LogP contribution >= 0.6 is 15.9 Å². The van der Waals surface area contributed by atoms with Crippen molar-refractivity contribution < 1.29 is 0 Å². The summed E-state index contributed by atoms with van der Waals surface area (Å²) in [4.78, 5) is 12.3. The molecular formula is C16H22BrN3O. The summed E-state index contributed by atoms with van der Waals surface area (Å²) in [5.74, 6) is 3.31. The maximum absolute atomic E-state index is 12.3. The highest BCUT2D eigenvalue weighted by Gasteiger charge is 2.41. The van der Waals surface area contributed by atoms with Gasteiger partial charge < -0.3 is 5.32 Å². The van der Waals surface area contributed by atoms with Crippen LogP contribution in [0.5, 0.6) is 0 Å². The summed E-state index contributed by atoms with van der Waals surface area (Å²) in [5.41, 5.74) is 0.861. The van der Waals surface area contributed by atoms with Crippen LogP contribution in [0.4, 0.5) is 5.69 Å². The SMILES string of the molecule is O=c1c(Br)c(NCC(C2CC2)C2CC2)cnn1CC1CC1. The molecule has 21 heavy (non-hydrogen) atoms. The van der Waals surface area contributed by atoms with E-state index in [9.17, 15) is 4.79 Å². The van der Waals surface area contributed by atoms with E-state index < -0.39 is 0 Å². The van der Waals surface area contributed by atoms with E-state index in [-0.39, 0.29) is 5.56 Å². The van der Waals surface area contributed by atoms with Crippen molar-refractivity contribution in [1.82, 2.24) is 9.78 Å². The first-order valence-corrected chi connectivity index (χ1v) is 9.01. The van der Waals surface area contributed by atoms with Crippen LogP contribution in [-0.2, 0) is 6.54 Å². The first kappa shape index (κ1) is 13.8. The van der Waals surface area contributed by atoms with Gasteiger partial charge in [0, 0.05) is 13.1 Å². The molecule has 1 aromatic rings. The molecule has 1 N–H and O–H groups in total. The zero-order valence-electron chi connectivity index (χ0n) is 12.2. The Morgan fingerprint density at radius 3 is 2.48 bits per heavy atom. The van der Waals surface area contributed by atoms with Gasteiger partial charge in [0.2, 0.25) is 0 Å². The van der Waals surface area contributed by atoms with E-state index in [4.69, 9.17) is 0 Å². The molecule has 3 fully saturated rings. The average Bonchev–Trinajstić information content (AvgIpc) is 3.33. The van der Waals surface area contributed by atoms with Crippen molar-refractivity contribution in [2.75, 3.05) is 11.9 Å². The first-order valence-electron chi connectivity index (χ1n) is 8.22. The third kappa shape index (κ3) is 3.17. The van der Waals surface area contributed by atoms with Crippen LogP contribution < -0.4 is 10.9 Å². The van der Waals surface area contributed by atoms with Crippen LogP contribution in [0.25, 0.3) is 0 Å². The second-order valence-electron chi connectivity index (χ2n) is 7.02. The fraction of sp³-hybridized carbons (Fsp3) is 0.750. The summed E-state index contributed by atoms with van der Waals surface area (Å²) >= 11 is 3.46. The van der Waals surface area contributed by atoms with Gasteiger partial charge in [-0.3, -0.25) is 4.79 Å². The number of nitrogens with one attached hydrogen (secondary N) is 1. The van der Waals surface area contributed by atoms with Crippen molar-refractivity contribution >= 4 is 21.6 Å². The van der Waals surface area contributed by atoms with E-state index in [1.807, 2.05) is 6.20 Å². The van der Waals surface area contributed by atoms with Gasteiger partial charge in [-0.15, -0.1) is 0 Å². The summed E-state index contributed by atoms with van der Waals surface area (Å²) in [6, 6.07) is 0. The molecule has 3 aliphatic rings. The molecule has 0 atom stereocenters. The summed E-state index contributed by atoms with van der Waals surface area (Å²) in [6.45, 7) is 1.76. The second kappa shape index (κ2) is 5.41. The molecular weight excluding hydrogens is 330 g/mol. The van der Waals surface area contributed by atoms with Gasteiger partial charge in [-0.1, -0.05) is 0 Å². The normalized spacial score (nSPS) is 21.8. The van der Waals surface area contributed by atoms with Crippen LogP contribution in [-0.4, -0.2) is 16.3 Å². The molecule has 1 aromatic heterocycles. The van der Waals surface area contributed by atoms with Gasteiger partial charge in [0.15, 0.2) is 0 Å². The smallest absolute Gasteiger partial charge is 0.283 e. The number of halogens is 1. The molecule has 0 spiro atoms. The zero-order chi connectivity index (χ0) is 14.4. The highest BCUT2D eigenvalue weighted by Crippen LogP contribution is 2.49. The largest absolute Gasteiger partial charge is 0.382 e. The Morgan fingerprint density at radius 1 is 1.24 bits per heavy atom. The standard InChI is InChI=1S/C16H22BrN3O/c17-15-14(8-19-20(16(15)21)9-10-1-2-10)18-7-13(11-3-4-11)12-5-6-12/h8,10-13,18H,1-7,9H2. The number of aromatic nitrogens is 2. The molecule has 3 aliphatic carbocycles. The Hall–Kier alpha value is -0.840. The summed E-state index contributed by atoms with van der Waals surface area (Å²) in [7, 11) is 0. The lowest BCUT2D eigenvalue weighted by atomic mass is 9.98. The Morgan fingerprint density at radius 2 is 1.90 bits per heavy atom. The van der Waals surface area contributed by atoms with Crippen LogP contribution in [0.15, 0.2) is 15.5 Å². The second-order valence-corrected chi connectivity index (χ2v) is 7.82. The van der Waals surface area contributed by atoms with Crippen LogP contribution in [0.3, 0.4) is 0 Å². The van der Waals surface area contributed by atoms with Crippen molar-refractivity contribution in [2.45, 2.75) is 45.1 Å². The minimum absolute atomic E-state index is 0.00120. The minimum Gasteiger partial charge on any atom is -0.382 e. The summed E-state index contributed by atoms with van der Waals surface area (Å²) in [5, 5.41) is 7.80. The third-order valence-corrected chi connectivity index (χ3v) is 5.86. The molecule has 1 heterocycles. The van der Waals surface area contributed by atoms with Crippen LogP contribution in [0, 0.1) is 23.7 Å². The Kier molecular flexibility index (Phi) is 3.56. The molecule has 0 unspecified atom stereocenters. The van der Waals surface area contributed by atoms with E-state index in [2.05, 4.69) is 26.3 Å². The van der Waals surface area contributed by atoms with Crippen molar-refractivity contribution in [3.8, 4) is 0 Å². The van der Waals surface area contributed by atoms with E-state index >= 15 is 0 Å². The Bertz CT molecular complexity index is 576. The topological polar surface area (TPSA) is 46.9 Å². The first-order chi connectivity index (χ1) is 10.2. The molecule has 5 heteroatoms. The van der Waals surface area contributed by atoms with Gasteiger partial charge in [-0.05, 0) is 78.1 Å². The molecule has 4 rings (SSSR count). The number of nitrogens with zero attached hydrogens (tertiary/aromatic N) is 2. The highest BCUT2D eigenvalue weighted by molar-refractivity contribution is 9.10. The molecule has 0 aliphatic heterocycles. The molecule has 114 valence electrons. The monoisotopic (exact) mass is 351 g/mol. The lowest BCUT2D eigenvalue weighted by molar-refractivity contribution is 0.427.